The third-order valence-corrected chi connectivity index (χ3v) is 0.818. The van der Waals surface area contributed by atoms with E-state index in [0.29, 0.717) is 0 Å². The van der Waals surface area contributed by atoms with Crippen LogP contribution in [-0.4, -0.2) is 12.4 Å². The highest BCUT2D eigenvalue weighted by Gasteiger charge is 2.01. The Morgan fingerprint density at radius 3 is 2.50 bits per heavy atom. The van der Waals surface area contributed by atoms with Crippen LogP contribution in [0.2, 0.25) is 0 Å². The van der Waals surface area contributed by atoms with Crippen LogP contribution in [0.25, 0.3) is 0 Å². The molecule has 0 unspecified atom stereocenters. The Morgan fingerprint density at radius 1 is 1.83 bits per heavy atom. The second-order valence-corrected chi connectivity index (χ2v) is 1.22. The number of rotatable bonds is 0. The lowest BCUT2D eigenvalue weighted by Crippen LogP contribution is -2.35. The standard InChI is InChI=1S/C3H7N3/c4-6-3-1-2-5-3/h1-2,4H2,(H,5,6). The van der Waals surface area contributed by atoms with Crippen molar-refractivity contribution in [1.29, 1.82) is 0 Å². The number of nitrogens with zero attached hydrogens (tertiary/aromatic N) is 1. The second-order valence-electron chi connectivity index (χ2n) is 1.22. The molecule has 0 saturated carbocycles. The number of hydrazine groups is 1. The number of nitrogens with two attached hydrogens (primary N) is 1. The van der Waals surface area contributed by atoms with E-state index in [0.717, 1.165) is 18.8 Å². The number of hydrogen-bond donors (Lipinski definition) is 2. The van der Waals surface area contributed by atoms with E-state index in [2.05, 4.69) is 10.4 Å². The normalized spacial score (nSPS) is 18.5. The minimum absolute atomic E-state index is 0.926. The Kier molecular flexibility index (Phi) is 0.759. The Bertz CT molecular complexity index is 76.1. The number of hydrogen-bond acceptors (Lipinski definition) is 3. The third kappa shape index (κ3) is 0.367. The van der Waals surface area contributed by atoms with Crippen molar-refractivity contribution >= 4 is 5.84 Å². The van der Waals surface area contributed by atoms with E-state index in [1.807, 2.05) is 0 Å². The average Bonchev–Trinajstić information content (AvgIpc) is 1.31. The van der Waals surface area contributed by atoms with Crippen molar-refractivity contribution in [1.82, 2.24) is 5.43 Å². The highest BCUT2D eigenvalue weighted by Crippen LogP contribution is 1.93. The smallest absolute Gasteiger partial charge is 0.112 e. The lowest BCUT2D eigenvalue weighted by molar-refractivity contribution is 0.846. The van der Waals surface area contributed by atoms with Crippen LogP contribution in [0.4, 0.5) is 0 Å². The van der Waals surface area contributed by atoms with Crippen molar-refractivity contribution < 1.29 is 0 Å². The van der Waals surface area contributed by atoms with Crippen LogP contribution >= 0.6 is 0 Å². The molecular formula is C3H7N3. The van der Waals surface area contributed by atoms with Gasteiger partial charge in [-0.1, -0.05) is 0 Å². The van der Waals surface area contributed by atoms with Crippen LogP contribution < -0.4 is 11.3 Å². The van der Waals surface area contributed by atoms with Gasteiger partial charge in [0.2, 0.25) is 0 Å². The van der Waals surface area contributed by atoms with Crippen molar-refractivity contribution in [3.8, 4) is 0 Å². The van der Waals surface area contributed by atoms with Gasteiger partial charge in [-0.15, -0.1) is 0 Å². The first-order valence-corrected chi connectivity index (χ1v) is 1.93. The second kappa shape index (κ2) is 1.26. The van der Waals surface area contributed by atoms with Crippen LogP contribution in [0.3, 0.4) is 0 Å². The minimum Gasteiger partial charge on any atom is -0.312 e. The monoisotopic (exact) mass is 85.1 g/mol. The van der Waals surface area contributed by atoms with E-state index in [9.17, 15) is 0 Å². The summed E-state index contributed by atoms with van der Waals surface area (Å²) in [4.78, 5) is 3.87. The molecule has 0 bridgehead atoms. The summed E-state index contributed by atoms with van der Waals surface area (Å²) in [7, 11) is 0. The zero-order chi connectivity index (χ0) is 4.41. The van der Waals surface area contributed by atoms with Gasteiger partial charge in [-0.3, -0.25) is 4.99 Å². The zero-order valence-corrected chi connectivity index (χ0v) is 3.44. The van der Waals surface area contributed by atoms with E-state index in [1.54, 1.807) is 0 Å². The Hall–Kier alpha value is -0.570. The lowest BCUT2D eigenvalue weighted by atomic mass is 10.3. The molecule has 1 heterocycles. The molecule has 6 heavy (non-hydrogen) atoms. The summed E-state index contributed by atoms with van der Waals surface area (Å²) in [5, 5.41) is 0. The number of nitrogens with one attached hydrogen (secondary N) is 1. The molecule has 0 atom stereocenters. The van der Waals surface area contributed by atoms with Gasteiger partial charge in [0, 0.05) is 13.0 Å². The Balaban J connectivity index is 2.32. The summed E-state index contributed by atoms with van der Waals surface area (Å²) < 4.78 is 0. The van der Waals surface area contributed by atoms with Crippen molar-refractivity contribution in [3.05, 3.63) is 0 Å². The summed E-state index contributed by atoms with van der Waals surface area (Å²) in [6.45, 7) is 0.944. The predicted octanol–water partition coefficient (Wildman–Crippen LogP) is -0.748. The lowest BCUT2D eigenvalue weighted by Gasteiger charge is -2.09. The maximum Gasteiger partial charge on any atom is 0.112 e. The first-order valence-electron chi connectivity index (χ1n) is 1.93. The van der Waals surface area contributed by atoms with Gasteiger partial charge in [0.25, 0.3) is 0 Å². The fourth-order valence-electron chi connectivity index (χ4n) is 0.341. The van der Waals surface area contributed by atoms with Crippen molar-refractivity contribution in [2.75, 3.05) is 6.54 Å². The van der Waals surface area contributed by atoms with E-state index in [1.165, 1.54) is 0 Å². The van der Waals surface area contributed by atoms with Crippen molar-refractivity contribution in [3.63, 3.8) is 0 Å². The molecule has 1 aliphatic heterocycles. The summed E-state index contributed by atoms with van der Waals surface area (Å²) in [6, 6.07) is 0. The van der Waals surface area contributed by atoms with E-state index < -0.39 is 0 Å². The first kappa shape index (κ1) is 3.61. The third-order valence-electron chi connectivity index (χ3n) is 0.818. The largest absolute Gasteiger partial charge is 0.312 e. The molecule has 0 amide bonds. The average molecular weight is 85.1 g/mol. The zero-order valence-electron chi connectivity index (χ0n) is 3.44. The predicted molar refractivity (Wildman–Crippen MR) is 24.2 cm³/mol. The molecular weight excluding hydrogens is 78.1 g/mol. The summed E-state index contributed by atoms with van der Waals surface area (Å²) in [6.07, 6.45) is 1.02. The van der Waals surface area contributed by atoms with Gasteiger partial charge in [-0.2, -0.15) is 0 Å². The molecule has 3 nitrogen and oxygen atoms in total. The van der Waals surface area contributed by atoms with E-state index >= 15 is 0 Å². The summed E-state index contributed by atoms with van der Waals surface area (Å²) in [5.74, 6) is 5.88. The molecule has 0 aromatic carbocycles. The topological polar surface area (TPSA) is 50.4 Å². The maximum atomic E-state index is 4.95. The Labute approximate surface area is 36.2 Å². The highest BCUT2D eigenvalue weighted by molar-refractivity contribution is 5.85. The quantitative estimate of drug-likeness (QED) is 0.300. The van der Waals surface area contributed by atoms with Crippen LogP contribution in [0.15, 0.2) is 4.99 Å². The van der Waals surface area contributed by atoms with Crippen LogP contribution in [0.1, 0.15) is 6.42 Å². The van der Waals surface area contributed by atoms with E-state index in [-0.39, 0.29) is 0 Å². The van der Waals surface area contributed by atoms with Gasteiger partial charge in [-0.05, 0) is 0 Å². The minimum atomic E-state index is 0.926. The van der Waals surface area contributed by atoms with Gasteiger partial charge in [0.1, 0.15) is 5.84 Å². The molecule has 0 aliphatic carbocycles. The maximum absolute atomic E-state index is 4.95. The van der Waals surface area contributed by atoms with Gasteiger partial charge in [-0.25, -0.2) is 5.84 Å². The van der Waals surface area contributed by atoms with E-state index in [4.69, 9.17) is 5.84 Å². The molecule has 3 N–H and O–H groups in total. The molecule has 3 heteroatoms. The van der Waals surface area contributed by atoms with Crippen molar-refractivity contribution in [2.45, 2.75) is 6.42 Å². The fraction of sp³-hybridized carbons (Fsp3) is 0.667. The molecule has 0 spiro atoms. The molecule has 1 aliphatic rings. The first-order chi connectivity index (χ1) is 2.93. The molecule has 0 aromatic rings. The van der Waals surface area contributed by atoms with Gasteiger partial charge >= 0.3 is 0 Å². The van der Waals surface area contributed by atoms with Crippen LogP contribution in [-0.2, 0) is 0 Å². The van der Waals surface area contributed by atoms with Crippen LogP contribution in [0.5, 0.6) is 0 Å². The SMILES string of the molecule is NNC1=NCC1. The molecule has 0 radical (unpaired) electrons. The summed E-state index contributed by atoms with van der Waals surface area (Å²) >= 11 is 0. The van der Waals surface area contributed by atoms with Crippen LogP contribution in [0, 0.1) is 0 Å². The fourth-order valence-corrected chi connectivity index (χ4v) is 0.341. The Morgan fingerprint density at radius 2 is 2.50 bits per heavy atom. The molecule has 34 valence electrons. The molecule has 0 fully saturated rings. The number of aliphatic imine (C=N–C) groups is 1. The van der Waals surface area contributed by atoms with Gasteiger partial charge in [0.15, 0.2) is 0 Å². The number of amidine groups is 1. The molecule has 0 aromatic heterocycles. The van der Waals surface area contributed by atoms with Gasteiger partial charge < -0.3 is 5.43 Å². The molecule has 1 rings (SSSR count). The van der Waals surface area contributed by atoms with Crippen molar-refractivity contribution in [2.24, 2.45) is 10.8 Å². The highest BCUT2D eigenvalue weighted by atomic mass is 15.3. The van der Waals surface area contributed by atoms with Gasteiger partial charge in [0.05, 0.1) is 0 Å². The molecule has 0 saturated heterocycles. The summed E-state index contributed by atoms with van der Waals surface area (Å²) in [5.41, 5.74) is 2.45.